The first-order valence-corrected chi connectivity index (χ1v) is 14.6. The summed E-state index contributed by atoms with van der Waals surface area (Å²) in [5.41, 5.74) is 3.81. The average Bonchev–Trinajstić information content (AvgIpc) is 2.86. The number of nitrogens with one attached hydrogen (secondary N) is 1. The number of hydrogen-bond donors (Lipinski definition) is 1. The second-order valence-corrected chi connectivity index (χ2v) is 11.6. The van der Waals surface area contributed by atoms with Gasteiger partial charge < -0.3 is 10.2 Å². The number of aryl methyl sites for hydroxylation is 2. The number of anilines is 1. The number of nitrogens with zero attached hydrogens (tertiary/aromatic N) is 2. The van der Waals surface area contributed by atoms with E-state index in [0.29, 0.717) is 11.6 Å². The molecule has 0 bridgehead atoms. The highest BCUT2D eigenvalue weighted by Gasteiger charge is 2.33. The molecule has 202 valence electrons. The van der Waals surface area contributed by atoms with E-state index in [-0.39, 0.29) is 24.6 Å². The minimum absolute atomic E-state index is 0.140. The topological polar surface area (TPSA) is 86.8 Å². The van der Waals surface area contributed by atoms with Gasteiger partial charge in [0.2, 0.25) is 21.8 Å². The van der Waals surface area contributed by atoms with Crippen LogP contribution in [0.3, 0.4) is 0 Å². The summed E-state index contributed by atoms with van der Waals surface area (Å²) in [7, 11) is -3.84. The molecule has 0 heterocycles. The predicted molar refractivity (Wildman–Crippen MR) is 153 cm³/mol. The number of amides is 2. The van der Waals surface area contributed by atoms with Crippen LogP contribution in [0, 0.1) is 13.8 Å². The van der Waals surface area contributed by atoms with E-state index in [1.54, 1.807) is 12.1 Å². The van der Waals surface area contributed by atoms with Crippen molar-refractivity contribution in [3.63, 3.8) is 0 Å². The average molecular weight is 556 g/mol. The van der Waals surface area contributed by atoms with Crippen LogP contribution in [0.25, 0.3) is 0 Å². The molecule has 0 radical (unpaired) electrons. The summed E-state index contributed by atoms with van der Waals surface area (Å²) < 4.78 is 26.7. The summed E-state index contributed by atoms with van der Waals surface area (Å²) in [5.74, 6) is -0.803. The van der Waals surface area contributed by atoms with E-state index in [2.05, 4.69) is 5.32 Å². The van der Waals surface area contributed by atoms with Gasteiger partial charge in [-0.15, -0.1) is 0 Å². The van der Waals surface area contributed by atoms with Crippen molar-refractivity contribution < 1.29 is 18.0 Å². The van der Waals surface area contributed by atoms with Crippen LogP contribution >= 0.6 is 11.6 Å². The second kappa shape index (κ2) is 12.9. The van der Waals surface area contributed by atoms with E-state index in [4.69, 9.17) is 11.6 Å². The van der Waals surface area contributed by atoms with E-state index in [9.17, 15) is 18.0 Å². The molecule has 0 aliphatic heterocycles. The standard InChI is InChI=1S/C29H34ClN3O4S/c1-5-31-29(35)27(17-23-11-7-6-8-12-23)32(19-24-13-9-10-21(2)16-24)28(34)20-33(38(4,36)37)25-15-14-22(3)26(30)18-25/h6-16,18,27H,5,17,19-20H2,1-4H3,(H,31,35)/t27-/m1/s1. The van der Waals surface area contributed by atoms with Crippen molar-refractivity contribution in [1.29, 1.82) is 0 Å². The van der Waals surface area contributed by atoms with Crippen molar-refractivity contribution >= 4 is 39.1 Å². The maximum atomic E-state index is 14.0. The minimum Gasteiger partial charge on any atom is -0.355 e. The first kappa shape index (κ1) is 29.2. The molecule has 38 heavy (non-hydrogen) atoms. The van der Waals surface area contributed by atoms with Crippen molar-refractivity contribution in [2.24, 2.45) is 0 Å². The Kier molecular flexibility index (Phi) is 9.94. The third-order valence-corrected chi connectivity index (χ3v) is 7.73. The van der Waals surface area contributed by atoms with Gasteiger partial charge in [-0.1, -0.05) is 77.8 Å². The lowest BCUT2D eigenvalue weighted by Crippen LogP contribution is -2.53. The van der Waals surface area contributed by atoms with Crippen molar-refractivity contribution in [3.8, 4) is 0 Å². The molecule has 0 unspecified atom stereocenters. The van der Waals surface area contributed by atoms with Gasteiger partial charge in [0.15, 0.2) is 0 Å². The Balaban J connectivity index is 2.05. The minimum atomic E-state index is -3.84. The molecule has 0 spiro atoms. The van der Waals surface area contributed by atoms with Crippen LogP contribution in [0.2, 0.25) is 5.02 Å². The zero-order valence-electron chi connectivity index (χ0n) is 22.1. The molecule has 0 aliphatic rings. The SMILES string of the molecule is CCNC(=O)[C@@H](Cc1ccccc1)N(Cc1cccc(C)c1)C(=O)CN(c1ccc(C)c(Cl)c1)S(C)(=O)=O. The van der Waals surface area contributed by atoms with Crippen LogP contribution < -0.4 is 9.62 Å². The number of carbonyl (C=O) groups excluding carboxylic acids is 2. The molecule has 3 aromatic rings. The Morgan fingerprint density at radius 3 is 2.24 bits per heavy atom. The number of halogens is 1. The van der Waals surface area contributed by atoms with E-state index in [1.807, 2.05) is 75.4 Å². The molecule has 0 saturated carbocycles. The molecule has 0 aliphatic carbocycles. The van der Waals surface area contributed by atoms with Gasteiger partial charge in [0.05, 0.1) is 11.9 Å². The number of benzene rings is 3. The third kappa shape index (κ3) is 7.82. The fraction of sp³-hybridized carbons (Fsp3) is 0.310. The zero-order chi connectivity index (χ0) is 27.9. The molecule has 3 aromatic carbocycles. The number of likely N-dealkylation sites (N-methyl/N-ethyl adjacent to an activating group) is 1. The molecular weight excluding hydrogens is 522 g/mol. The molecule has 7 nitrogen and oxygen atoms in total. The maximum Gasteiger partial charge on any atom is 0.244 e. The number of rotatable bonds is 11. The highest BCUT2D eigenvalue weighted by atomic mass is 35.5. The fourth-order valence-electron chi connectivity index (χ4n) is 4.20. The lowest BCUT2D eigenvalue weighted by atomic mass is 10.0. The molecule has 2 amide bonds. The van der Waals surface area contributed by atoms with Crippen LogP contribution in [-0.2, 0) is 32.6 Å². The monoisotopic (exact) mass is 555 g/mol. The van der Waals surface area contributed by atoms with Gasteiger partial charge in [0.25, 0.3) is 0 Å². The smallest absolute Gasteiger partial charge is 0.244 e. The molecule has 1 atom stereocenters. The second-order valence-electron chi connectivity index (χ2n) is 9.31. The Morgan fingerprint density at radius 2 is 1.63 bits per heavy atom. The third-order valence-electron chi connectivity index (χ3n) is 6.18. The summed E-state index contributed by atoms with van der Waals surface area (Å²) >= 11 is 6.28. The Bertz CT molecular complexity index is 1380. The van der Waals surface area contributed by atoms with Crippen LogP contribution in [0.4, 0.5) is 5.69 Å². The summed E-state index contributed by atoms with van der Waals surface area (Å²) in [5, 5.41) is 3.24. The fourth-order valence-corrected chi connectivity index (χ4v) is 5.22. The summed E-state index contributed by atoms with van der Waals surface area (Å²) in [4.78, 5) is 28.8. The molecule has 0 aromatic heterocycles. The van der Waals surface area contributed by atoms with Gasteiger partial charge >= 0.3 is 0 Å². The summed E-state index contributed by atoms with van der Waals surface area (Å²) in [6.45, 7) is 5.64. The predicted octanol–water partition coefficient (Wildman–Crippen LogP) is 4.50. The lowest BCUT2D eigenvalue weighted by Gasteiger charge is -2.33. The quantitative estimate of drug-likeness (QED) is 0.377. The van der Waals surface area contributed by atoms with Gasteiger partial charge in [0, 0.05) is 24.5 Å². The lowest BCUT2D eigenvalue weighted by molar-refractivity contribution is -0.140. The highest BCUT2D eigenvalue weighted by molar-refractivity contribution is 7.92. The van der Waals surface area contributed by atoms with Crippen molar-refractivity contribution in [1.82, 2.24) is 10.2 Å². The largest absolute Gasteiger partial charge is 0.355 e. The summed E-state index contributed by atoms with van der Waals surface area (Å²) in [6.07, 6.45) is 1.32. The van der Waals surface area contributed by atoms with Crippen LogP contribution in [0.5, 0.6) is 0 Å². The Morgan fingerprint density at radius 1 is 0.947 bits per heavy atom. The molecule has 3 rings (SSSR count). The van der Waals surface area contributed by atoms with Gasteiger partial charge in [-0.05, 0) is 49.6 Å². The molecule has 0 fully saturated rings. The highest BCUT2D eigenvalue weighted by Crippen LogP contribution is 2.25. The Labute approximate surface area is 230 Å². The number of sulfonamides is 1. The zero-order valence-corrected chi connectivity index (χ0v) is 23.7. The van der Waals surface area contributed by atoms with E-state index < -0.39 is 28.5 Å². The normalized spacial score (nSPS) is 12.0. The van der Waals surface area contributed by atoms with Crippen LogP contribution in [0.1, 0.15) is 29.2 Å². The summed E-state index contributed by atoms with van der Waals surface area (Å²) in [6, 6.07) is 21.1. The van der Waals surface area contributed by atoms with Crippen molar-refractivity contribution in [2.45, 2.75) is 39.8 Å². The Hall–Kier alpha value is -3.36. The van der Waals surface area contributed by atoms with E-state index >= 15 is 0 Å². The first-order valence-electron chi connectivity index (χ1n) is 12.4. The first-order chi connectivity index (χ1) is 18.0. The van der Waals surface area contributed by atoms with Crippen molar-refractivity contribution in [3.05, 3.63) is 100 Å². The maximum absolute atomic E-state index is 14.0. The molecule has 1 N–H and O–H groups in total. The molecule has 0 saturated heterocycles. The van der Waals surface area contributed by atoms with Crippen molar-refractivity contribution in [2.75, 3.05) is 23.7 Å². The van der Waals surface area contributed by atoms with Crippen LogP contribution in [-0.4, -0.2) is 50.5 Å². The molecular formula is C29H34ClN3O4S. The van der Waals surface area contributed by atoms with E-state index in [0.717, 1.165) is 32.8 Å². The van der Waals surface area contributed by atoms with Gasteiger partial charge in [-0.25, -0.2) is 8.42 Å². The van der Waals surface area contributed by atoms with Gasteiger partial charge in [-0.3, -0.25) is 13.9 Å². The van der Waals surface area contributed by atoms with Crippen LogP contribution in [0.15, 0.2) is 72.8 Å². The van der Waals surface area contributed by atoms with E-state index in [1.165, 1.54) is 11.0 Å². The molecule has 9 heteroatoms. The number of hydrogen-bond acceptors (Lipinski definition) is 4. The van der Waals surface area contributed by atoms with Gasteiger partial charge in [0.1, 0.15) is 12.6 Å². The van der Waals surface area contributed by atoms with Gasteiger partial charge in [-0.2, -0.15) is 0 Å². The number of carbonyl (C=O) groups is 2.